The largest absolute Gasteiger partial charge is 0.456 e. The number of hydrogen-bond donors (Lipinski definition) is 1. The first kappa shape index (κ1) is 14.4. The van der Waals surface area contributed by atoms with Crippen molar-refractivity contribution in [2.24, 2.45) is 0 Å². The van der Waals surface area contributed by atoms with Crippen LogP contribution in [0.2, 0.25) is 5.02 Å². The van der Waals surface area contributed by atoms with E-state index < -0.39 is 0 Å². The normalized spacial score (nSPS) is 10.5. The van der Waals surface area contributed by atoms with Crippen LogP contribution in [0.1, 0.15) is 11.1 Å². The maximum Gasteiger partial charge on any atom is 0.146 e. The quantitative estimate of drug-likeness (QED) is 0.852. The Morgan fingerprint density at radius 2 is 1.89 bits per heavy atom. The summed E-state index contributed by atoms with van der Waals surface area (Å²) >= 11 is 9.67. The van der Waals surface area contributed by atoms with Crippen LogP contribution in [-0.4, -0.2) is 7.05 Å². The molecule has 19 heavy (non-hydrogen) atoms. The van der Waals surface area contributed by atoms with Gasteiger partial charge in [-0.05, 0) is 55.4 Å². The molecule has 0 saturated carbocycles. The number of halogens is 2. The minimum absolute atomic E-state index is 0.620. The highest BCUT2D eigenvalue weighted by Crippen LogP contribution is 2.32. The molecule has 1 N–H and O–H groups in total. The van der Waals surface area contributed by atoms with Crippen LogP contribution in [0, 0.1) is 6.92 Å². The number of rotatable bonds is 4. The van der Waals surface area contributed by atoms with Crippen molar-refractivity contribution in [2.75, 3.05) is 7.05 Å². The van der Waals surface area contributed by atoms with Crippen molar-refractivity contribution in [3.05, 3.63) is 57.0 Å². The molecule has 2 nitrogen and oxygen atoms in total. The average Bonchev–Trinajstić information content (AvgIpc) is 2.36. The molecule has 0 spiro atoms. The van der Waals surface area contributed by atoms with Gasteiger partial charge in [-0.1, -0.05) is 33.6 Å². The van der Waals surface area contributed by atoms with Crippen LogP contribution in [0.5, 0.6) is 11.5 Å². The zero-order valence-corrected chi connectivity index (χ0v) is 13.2. The molecule has 0 aliphatic heterocycles. The summed E-state index contributed by atoms with van der Waals surface area (Å²) < 4.78 is 6.89. The molecule has 2 rings (SSSR count). The van der Waals surface area contributed by atoms with Gasteiger partial charge in [-0.25, -0.2) is 0 Å². The van der Waals surface area contributed by atoms with E-state index >= 15 is 0 Å². The highest BCUT2D eigenvalue weighted by Gasteiger charge is 2.06. The van der Waals surface area contributed by atoms with Crippen molar-refractivity contribution in [3.63, 3.8) is 0 Å². The Hall–Kier alpha value is -1.03. The van der Waals surface area contributed by atoms with Crippen molar-refractivity contribution < 1.29 is 4.74 Å². The maximum absolute atomic E-state index is 6.24. The summed E-state index contributed by atoms with van der Waals surface area (Å²) in [4.78, 5) is 0. The lowest BCUT2D eigenvalue weighted by Gasteiger charge is -2.11. The van der Waals surface area contributed by atoms with E-state index in [2.05, 4.69) is 21.2 Å². The molecule has 0 aromatic heterocycles. The number of hydrogen-bond acceptors (Lipinski definition) is 2. The van der Waals surface area contributed by atoms with Gasteiger partial charge in [0.1, 0.15) is 11.5 Å². The van der Waals surface area contributed by atoms with Crippen molar-refractivity contribution in [3.8, 4) is 11.5 Å². The molecule has 0 fully saturated rings. The molecule has 0 saturated heterocycles. The maximum atomic E-state index is 6.24. The number of benzene rings is 2. The van der Waals surface area contributed by atoms with Gasteiger partial charge in [0.2, 0.25) is 0 Å². The molecule has 0 atom stereocenters. The first-order valence-electron chi connectivity index (χ1n) is 5.97. The molecule has 100 valence electrons. The number of aryl methyl sites for hydroxylation is 1. The van der Waals surface area contributed by atoms with E-state index in [9.17, 15) is 0 Å². The topological polar surface area (TPSA) is 21.3 Å². The number of ether oxygens (including phenoxy) is 1. The fraction of sp³-hybridized carbons (Fsp3) is 0.200. The van der Waals surface area contributed by atoms with Gasteiger partial charge in [-0.3, -0.25) is 0 Å². The van der Waals surface area contributed by atoms with Gasteiger partial charge in [0.15, 0.2) is 0 Å². The molecular formula is C15H15BrClNO. The molecule has 0 radical (unpaired) electrons. The Morgan fingerprint density at radius 1 is 1.16 bits per heavy atom. The van der Waals surface area contributed by atoms with Crippen LogP contribution in [0.15, 0.2) is 40.9 Å². The molecule has 0 heterocycles. The highest BCUT2D eigenvalue weighted by atomic mass is 79.9. The summed E-state index contributed by atoms with van der Waals surface area (Å²) in [5.41, 5.74) is 2.19. The predicted octanol–water partition coefficient (Wildman–Crippen LogP) is 4.92. The minimum Gasteiger partial charge on any atom is -0.456 e. The van der Waals surface area contributed by atoms with E-state index in [4.69, 9.17) is 16.3 Å². The van der Waals surface area contributed by atoms with Crippen LogP contribution in [0.4, 0.5) is 0 Å². The van der Waals surface area contributed by atoms with Gasteiger partial charge >= 0.3 is 0 Å². The Labute approximate surface area is 126 Å². The molecule has 2 aromatic rings. The summed E-state index contributed by atoms with van der Waals surface area (Å²) in [6.07, 6.45) is 0. The van der Waals surface area contributed by atoms with Crippen molar-refractivity contribution in [1.82, 2.24) is 5.32 Å². The van der Waals surface area contributed by atoms with Crippen LogP contribution in [0.3, 0.4) is 0 Å². The SMILES string of the molecule is CNCc1ccc(Oc2ccc(Br)cc2C)c(Cl)c1. The standard InChI is InChI=1S/C15H15BrClNO/c1-10-7-12(16)4-6-14(10)19-15-5-3-11(9-18-2)8-13(15)17/h3-8,18H,9H2,1-2H3. The van der Waals surface area contributed by atoms with Crippen molar-refractivity contribution in [1.29, 1.82) is 0 Å². The molecule has 0 aliphatic carbocycles. The average molecular weight is 341 g/mol. The first-order valence-corrected chi connectivity index (χ1v) is 7.14. The van der Waals surface area contributed by atoms with Crippen molar-refractivity contribution in [2.45, 2.75) is 13.5 Å². The lowest BCUT2D eigenvalue weighted by atomic mass is 10.2. The third-order valence-corrected chi connectivity index (χ3v) is 3.52. The Balaban J connectivity index is 2.23. The molecule has 2 aromatic carbocycles. The lowest BCUT2D eigenvalue weighted by molar-refractivity contribution is 0.479. The first-order chi connectivity index (χ1) is 9.10. The van der Waals surface area contributed by atoms with E-state index in [1.807, 2.05) is 50.4 Å². The van der Waals surface area contributed by atoms with Gasteiger partial charge in [0, 0.05) is 11.0 Å². The van der Waals surface area contributed by atoms with Crippen molar-refractivity contribution >= 4 is 27.5 Å². The zero-order chi connectivity index (χ0) is 13.8. The second kappa shape index (κ2) is 6.42. The molecule has 0 amide bonds. The predicted molar refractivity (Wildman–Crippen MR) is 83.2 cm³/mol. The Kier molecular flexibility index (Phi) is 4.86. The van der Waals surface area contributed by atoms with Gasteiger partial charge in [-0.2, -0.15) is 0 Å². The fourth-order valence-electron chi connectivity index (χ4n) is 1.79. The Bertz CT molecular complexity index is 586. The van der Waals surface area contributed by atoms with Crippen LogP contribution >= 0.6 is 27.5 Å². The number of nitrogens with one attached hydrogen (secondary N) is 1. The third kappa shape index (κ3) is 3.72. The zero-order valence-electron chi connectivity index (χ0n) is 10.8. The van der Waals surface area contributed by atoms with Gasteiger partial charge in [0.25, 0.3) is 0 Å². The summed E-state index contributed by atoms with van der Waals surface area (Å²) in [6.45, 7) is 2.79. The minimum atomic E-state index is 0.620. The molecule has 0 aliphatic rings. The molecule has 0 unspecified atom stereocenters. The molecule has 4 heteroatoms. The van der Waals surface area contributed by atoms with E-state index in [0.29, 0.717) is 10.8 Å². The Morgan fingerprint density at radius 3 is 2.53 bits per heavy atom. The molecule has 0 bridgehead atoms. The summed E-state index contributed by atoms with van der Waals surface area (Å²) in [5, 5.41) is 3.71. The van der Waals surface area contributed by atoms with Gasteiger partial charge in [-0.15, -0.1) is 0 Å². The molecular weight excluding hydrogens is 326 g/mol. The van der Waals surface area contributed by atoms with Crippen LogP contribution in [0.25, 0.3) is 0 Å². The lowest BCUT2D eigenvalue weighted by Crippen LogP contribution is -2.04. The second-order valence-electron chi connectivity index (χ2n) is 4.31. The third-order valence-electron chi connectivity index (χ3n) is 2.73. The summed E-state index contributed by atoms with van der Waals surface area (Å²) in [5.74, 6) is 1.48. The highest BCUT2D eigenvalue weighted by molar-refractivity contribution is 9.10. The fourth-order valence-corrected chi connectivity index (χ4v) is 2.50. The summed E-state index contributed by atoms with van der Waals surface area (Å²) in [6, 6.07) is 11.7. The monoisotopic (exact) mass is 339 g/mol. The van der Waals surface area contributed by atoms with E-state index in [-0.39, 0.29) is 0 Å². The van der Waals surface area contributed by atoms with Gasteiger partial charge in [0.05, 0.1) is 5.02 Å². The second-order valence-corrected chi connectivity index (χ2v) is 5.63. The van der Waals surface area contributed by atoms with E-state index in [0.717, 1.165) is 27.9 Å². The van der Waals surface area contributed by atoms with E-state index in [1.165, 1.54) is 0 Å². The van der Waals surface area contributed by atoms with E-state index in [1.54, 1.807) is 0 Å². The smallest absolute Gasteiger partial charge is 0.146 e. The van der Waals surface area contributed by atoms with Crippen LogP contribution in [-0.2, 0) is 6.54 Å². The van der Waals surface area contributed by atoms with Crippen LogP contribution < -0.4 is 10.1 Å². The van der Waals surface area contributed by atoms with Gasteiger partial charge < -0.3 is 10.1 Å². The summed E-state index contributed by atoms with van der Waals surface area (Å²) in [7, 11) is 1.91.